The maximum absolute atomic E-state index is 12.9. The van der Waals surface area contributed by atoms with Gasteiger partial charge in [-0.2, -0.15) is 0 Å². The van der Waals surface area contributed by atoms with Crippen molar-refractivity contribution in [1.29, 1.82) is 0 Å². The highest BCUT2D eigenvalue weighted by Gasteiger charge is 2.17. The molecule has 0 N–H and O–H groups in total. The molecule has 0 saturated carbocycles. The molecule has 0 aliphatic rings. The molecule has 1 amide bonds. The fraction of sp³-hybridized carbons (Fsp3) is 0.174. The quantitative estimate of drug-likeness (QED) is 0.566. The highest BCUT2D eigenvalue weighted by Crippen LogP contribution is 2.23. The molecule has 0 bridgehead atoms. The van der Waals surface area contributed by atoms with Crippen molar-refractivity contribution in [1.82, 2.24) is 4.90 Å². The van der Waals surface area contributed by atoms with Gasteiger partial charge in [0, 0.05) is 24.2 Å². The summed E-state index contributed by atoms with van der Waals surface area (Å²) in [6.45, 7) is 2.90. The van der Waals surface area contributed by atoms with Crippen LogP contribution in [0.4, 0.5) is 0 Å². The number of rotatable bonds is 6. The van der Waals surface area contributed by atoms with Crippen molar-refractivity contribution in [3.05, 3.63) is 100 Å². The molecule has 0 saturated heterocycles. The summed E-state index contributed by atoms with van der Waals surface area (Å²) in [7, 11) is 1.80. The van der Waals surface area contributed by atoms with E-state index in [1.807, 2.05) is 73.7 Å². The number of carbonyl (C=O) groups is 1. The summed E-state index contributed by atoms with van der Waals surface area (Å²) in [5, 5.41) is 0.651. The first-order valence-corrected chi connectivity index (χ1v) is 9.18. The van der Waals surface area contributed by atoms with Crippen LogP contribution in [0.1, 0.15) is 27.0 Å². The molecule has 3 rings (SSSR count). The van der Waals surface area contributed by atoms with Crippen LogP contribution in [0.3, 0.4) is 0 Å². The third-order valence-corrected chi connectivity index (χ3v) is 4.71. The predicted octanol–water partition coefficient (Wildman–Crippen LogP) is 5.50. The molecule has 0 unspecified atom stereocenters. The number of nitrogens with zero attached hydrogens (tertiary/aromatic N) is 1. The van der Waals surface area contributed by atoms with Crippen LogP contribution in [0.15, 0.2) is 72.8 Å². The minimum Gasteiger partial charge on any atom is -0.488 e. The Balaban J connectivity index is 1.73. The lowest BCUT2D eigenvalue weighted by Gasteiger charge is -2.19. The summed E-state index contributed by atoms with van der Waals surface area (Å²) in [6.07, 6.45) is 0. The highest BCUT2D eigenvalue weighted by atomic mass is 35.5. The molecule has 3 nitrogen and oxygen atoms in total. The van der Waals surface area contributed by atoms with Crippen LogP contribution >= 0.6 is 11.6 Å². The molecule has 3 aromatic carbocycles. The maximum atomic E-state index is 12.9. The predicted molar refractivity (Wildman–Crippen MR) is 109 cm³/mol. The van der Waals surface area contributed by atoms with E-state index < -0.39 is 0 Å². The van der Waals surface area contributed by atoms with Crippen molar-refractivity contribution >= 4 is 17.5 Å². The average Bonchev–Trinajstić information content (AvgIpc) is 2.69. The highest BCUT2D eigenvalue weighted by molar-refractivity contribution is 6.31. The van der Waals surface area contributed by atoms with Crippen molar-refractivity contribution in [3.8, 4) is 5.75 Å². The number of halogens is 1. The number of para-hydroxylation sites is 1. The van der Waals surface area contributed by atoms with Crippen LogP contribution < -0.4 is 4.74 Å². The zero-order valence-corrected chi connectivity index (χ0v) is 16.2. The van der Waals surface area contributed by atoms with Crippen LogP contribution in [-0.4, -0.2) is 17.9 Å². The third-order valence-electron chi connectivity index (χ3n) is 4.35. The first kappa shape index (κ1) is 19.0. The van der Waals surface area contributed by atoms with Gasteiger partial charge in [0.05, 0.1) is 5.56 Å². The Labute approximate surface area is 165 Å². The molecule has 3 aromatic rings. The Morgan fingerprint density at radius 1 is 0.963 bits per heavy atom. The smallest absolute Gasteiger partial charge is 0.257 e. The van der Waals surface area contributed by atoms with E-state index in [1.165, 1.54) is 5.56 Å². The van der Waals surface area contributed by atoms with Gasteiger partial charge in [0.25, 0.3) is 5.91 Å². The van der Waals surface area contributed by atoms with Crippen molar-refractivity contribution in [2.24, 2.45) is 0 Å². The van der Waals surface area contributed by atoms with Gasteiger partial charge < -0.3 is 9.64 Å². The van der Waals surface area contributed by atoms with E-state index in [4.69, 9.17) is 16.3 Å². The first-order valence-electron chi connectivity index (χ1n) is 8.81. The molecule has 0 aliphatic carbocycles. The second-order valence-corrected chi connectivity index (χ2v) is 6.93. The van der Waals surface area contributed by atoms with E-state index >= 15 is 0 Å². The van der Waals surface area contributed by atoms with E-state index in [9.17, 15) is 4.79 Å². The van der Waals surface area contributed by atoms with Crippen LogP contribution in [0.2, 0.25) is 5.02 Å². The number of hydrogen-bond acceptors (Lipinski definition) is 2. The van der Waals surface area contributed by atoms with Crippen molar-refractivity contribution in [2.45, 2.75) is 20.1 Å². The lowest BCUT2D eigenvalue weighted by Crippen LogP contribution is -2.26. The SMILES string of the molecule is Cc1ccc(CN(C)C(=O)c2ccccc2OCc2ccccc2Cl)cc1. The van der Waals surface area contributed by atoms with Crippen LogP contribution in [0.5, 0.6) is 5.75 Å². The number of hydrogen-bond donors (Lipinski definition) is 0. The van der Waals surface area contributed by atoms with Crippen LogP contribution in [-0.2, 0) is 13.2 Å². The summed E-state index contributed by atoms with van der Waals surface area (Å²) in [5.74, 6) is 0.475. The van der Waals surface area contributed by atoms with E-state index in [-0.39, 0.29) is 5.91 Å². The summed E-state index contributed by atoms with van der Waals surface area (Å²) >= 11 is 6.19. The van der Waals surface area contributed by atoms with E-state index in [2.05, 4.69) is 0 Å². The van der Waals surface area contributed by atoms with Crippen LogP contribution in [0.25, 0.3) is 0 Å². The number of ether oxygens (including phenoxy) is 1. The molecule has 0 heterocycles. The zero-order chi connectivity index (χ0) is 19.2. The second kappa shape index (κ2) is 8.74. The number of amides is 1. The molecule has 0 radical (unpaired) electrons. The lowest BCUT2D eigenvalue weighted by molar-refractivity contribution is 0.0780. The summed E-state index contributed by atoms with van der Waals surface area (Å²) < 4.78 is 5.91. The topological polar surface area (TPSA) is 29.5 Å². The summed E-state index contributed by atoms with van der Waals surface area (Å²) in [5.41, 5.74) is 3.71. The van der Waals surface area contributed by atoms with Gasteiger partial charge >= 0.3 is 0 Å². The van der Waals surface area contributed by atoms with Crippen molar-refractivity contribution < 1.29 is 9.53 Å². The van der Waals surface area contributed by atoms with Crippen molar-refractivity contribution in [3.63, 3.8) is 0 Å². The fourth-order valence-electron chi connectivity index (χ4n) is 2.78. The largest absolute Gasteiger partial charge is 0.488 e. The molecule has 138 valence electrons. The molecule has 0 aromatic heterocycles. The van der Waals surface area contributed by atoms with Crippen LogP contribution in [0, 0.1) is 6.92 Å². The first-order chi connectivity index (χ1) is 13.0. The van der Waals surface area contributed by atoms with E-state index in [0.717, 1.165) is 11.1 Å². The molecular weight excluding hydrogens is 358 g/mol. The minimum atomic E-state index is -0.0784. The molecule has 27 heavy (non-hydrogen) atoms. The molecule has 0 aliphatic heterocycles. The fourth-order valence-corrected chi connectivity index (χ4v) is 2.98. The Hall–Kier alpha value is -2.78. The molecule has 0 spiro atoms. The Morgan fingerprint density at radius 3 is 2.37 bits per heavy atom. The molecule has 0 fully saturated rings. The van der Waals surface area contributed by atoms with Gasteiger partial charge in [-0.15, -0.1) is 0 Å². The molecular formula is C23H22ClNO2. The second-order valence-electron chi connectivity index (χ2n) is 6.52. The van der Waals surface area contributed by atoms with Gasteiger partial charge in [-0.1, -0.05) is 71.8 Å². The Kier molecular flexibility index (Phi) is 6.15. The number of benzene rings is 3. The lowest BCUT2D eigenvalue weighted by atomic mass is 10.1. The minimum absolute atomic E-state index is 0.0784. The van der Waals surface area contributed by atoms with Gasteiger partial charge in [0.15, 0.2) is 0 Å². The molecule has 0 atom stereocenters. The van der Waals surface area contributed by atoms with Gasteiger partial charge in [0.2, 0.25) is 0 Å². The zero-order valence-electron chi connectivity index (χ0n) is 15.5. The Bertz CT molecular complexity index is 922. The van der Waals surface area contributed by atoms with Gasteiger partial charge in [0.1, 0.15) is 12.4 Å². The standard InChI is InChI=1S/C23H22ClNO2/c1-17-11-13-18(14-12-17)15-25(2)23(26)20-8-4-6-10-22(20)27-16-19-7-3-5-9-21(19)24/h3-14H,15-16H2,1-2H3. The summed E-state index contributed by atoms with van der Waals surface area (Å²) in [4.78, 5) is 14.6. The van der Waals surface area contributed by atoms with E-state index in [0.29, 0.717) is 29.5 Å². The third kappa shape index (κ3) is 4.89. The Morgan fingerprint density at radius 2 is 1.63 bits per heavy atom. The maximum Gasteiger partial charge on any atom is 0.257 e. The van der Waals surface area contributed by atoms with Gasteiger partial charge in [-0.25, -0.2) is 0 Å². The number of carbonyl (C=O) groups excluding carboxylic acids is 1. The summed E-state index contributed by atoms with van der Waals surface area (Å²) in [6, 6.07) is 23.0. The van der Waals surface area contributed by atoms with Gasteiger partial charge in [-0.3, -0.25) is 4.79 Å². The van der Waals surface area contributed by atoms with Crippen molar-refractivity contribution in [2.75, 3.05) is 7.05 Å². The van der Waals surface area contributed by atoms with Gasteiger partial charge in [-0.05, 0) is 30.7 Å². The average molecular weight is 380 g/mol. The normalized spacial score (nSPS) is 10.5. The van der Waals surface area contributed by atoms with E-state index in [1.54, 1.807) is 18.0 Å². The monoisotopic (exact) mass is 379 g/mol. The number of aryl methyl sites for hydroxylation is 1. The molecule has 4 heteroatoms.